The predicted molar refractivity (Wildman–Crippen MR) is 59.8 cm³/mol. The lowest BCUT2D eigenvalue weighted by Gasteiger charge is -2.09. The normalized spacial score (nSPS) is 17.4. The van der Waals surface area contributed by atoms with Gasteiger partial charge >= 0.3 is 0 Å². The Bertz CT molecular complexity index is 319. The molecule has 3 nitrogen and oxygen atoms in total. The van der Waals surface area contributed by atoms with E-state index >= 15 is 0 Å². The molecule has 1 unspecified atom stereocenters. The summed E-state index contributed by atoms with van der Waals surface area (Å²) in [5, 5.41) is 14.3. The molecule has 1 aromatic rings. The van der Waals surface area contributed by atoms with Crippen LogP contribution in [0.4, 0.5) is 0 Å². The van der Waals surface area contributed by atoms with Gasteiger partial charge < -0.3 is 10.4 Å². The van der Waals surface area contributed by atoms with Crippen LogP contribution in [0.3, 0.4) is 0 Å². The summed E-state index contributed by atoms with van der Waals surface area (Å²) in [5.74, 6) is 0.421. The summed E-state index contributed by atoms with van der Waals surface area (Å²) in [6.45, 7) is 0.398. The first kappa shape index (κ1) is 10.6. The van der Waals surface area contributed by atoms with Gasteiger partial charge in [-0.1, -0.05) is 6.07 Å². The Morgan fingerprint density at radius 2 is 2.47 bits per heavy atom. The van der Waals surface area contributed by atoms with Crippen molar-refractivity contribution in [1.29, 1.82) is 0 Å². The standard InChI is InChI=1S/C11H15NO2S/c13-10(8-3-4-8)7-12-11(14)6-9-2-1-5-15-9/h1-2,5,8,10,13H,3-4,6-7H2,(H,12,14). The highest BCUT2D eigenvalue weighted by Gasteiger charge is 2.29. The average Bonchev–Trinajstić information content (AvgIpc) is 2.95. The number of thiophene rings is 1. The van der Waals surface area contributed by atoms with Crippen molar-refractivity contribution in [3.05, 3.63) is 22.4 Å². The molecule has 1 heterocycles. The molecular weight excluding hydrogens is 210 g/mol. The van der Waals surface area contributed by atoms with Gasteiger partial charge in [0, 0.05) is 11.4 Å². The average molecular weight is 225 g/mol. The van der Waals surface area contributed by atoms with Crippen LogP contribution in [0.2, 0.25) is 0 Å². The topological polar surface area (TPSA) is 49.3 Å². The zero-order valence-electron chi connectivity index (χ0n) is 8.48. The fourth-order valence-corrected chi connectivity index (χ4v) is 2.20. The Labute approximate surface area is 93.1 Å². The van der Waals surface area contributed by atoms with Gasteiger partial charge in [0.25, 0.3) is 0 Å². The molecule has 82 valence electrons. The van der Waals surface area contributed by atoms with E-state index in [1.165, 1.54) is 0 Å². The van der Waals surface area contributed by atoms with Gasteiger partial charge in [0.05, 0.1) is 12.5 Å². The zero-order valence-corrected chi connectivity index (χ0v) is 9.30. The monoisotopic (exact) mass is 225 g/mol. The van der Waals surface area contributed by atoms with Crippen LogP contribution in [-0.2, 0) is 11.2 Å². The number of carbonyl (C=O) groups is 1. The molecule has 15 heavy (non-hydrogen) atoms. The van der Waals surface area contributed by atoms with Crippen molar-refractivity contribution in [3.63, 3.8) is 0 Å². The molecule has 0 bridgehead atoms. The summed E-state index contributed by atoms with van der Waals surface area (Å²) in [6, 6.07) is 3.88. The van der Waals surface area contributed by atoms with Crippen molar-refractivity contribution < 1.29 is 9.90 Å². The van der Waals surface area contributed by atoms with E-state index in [1.54, 1.807) is 11.3 Å². The Kier molecular flexibility index (Phi) is 3.38. The molecule has 1 atom stereocenters. The van der Waals surface area contributed by atoms with E-state index in [4.69, 9.17) is 0 Å². The summed E-state index contributed by atoms with van der Waals surface area (Å²) < 4.78 is 0. The van der Waals surface area contributed by atoms with Gasteiger partial charge in [-0.3, -0.25) is 4.79 Å². The third-order valence-electron chi connectivity index (χ3n) is 2.59. The number of aliphatic hydroxyl groups is 1. The second-order valence-electron chi connectivity index (χ2n) is 3.96. The molecule has 4 heteroatoms. The van der Waals surface area contributed by atoms with Crippen LogP contribution in [0.25, 0.3) is 0 Å². The lowest BCUT2D eigenvalue weighted by atomic mass is 10.2. The molecule has 1 amide bonds. The predicted octanol–water partition coefficient (Wildman–Crippen LogP) is 1.18. The maximum atomic E-state index is 11.4. The number of aliphatic hydroxyl groups excluding tert-OH is 1. The molecule has 1 aromatic heterocycles. The van der Waals surface area contributed by atoms with Crippen LogP contribution in [0, 0.1) is 5.92 Å². The van der Waals surface area contributed by atoms with E-state index in [0.29, 0.717) is 18.9 Å². The summed E-state index contributed by atoms with van der Waals surface area (Å²) in [7, 11) is 0. The fraction of sp³-hybridized carbons (Fsp3) is 0.545. The van der Waals surface area contributed by atoms with Crippen molar-refractivity contribution in [2.45, 2.75) is 25.4 Å². The number of hydrogen-bond acceptors (Lipinski definition) is 3. The SMILES string of the molecule is O=C(Cc1cccs1)NCC(O)C1CC1. The molecule has 0 radical (unpaired) electrons. The van der Waals surface area contributed by atoms with Crippen molar-refractivity contribution >= 4 is 17.2 Å². The fourth-order valence-electron chi connectivity index (χ4n) is 1.50. The first-order valence-electron chi connectivity index (χ1n) is 5.23. The molecule has 2 rings (SSSR count). The van der Waals surface area contributed by atoms with Crippen LogP contribution < -0.4 is 5.32 Å². The number of nitrogens with one attached hydrogen (secondary N) is 1. The molecule has 0 spiro atoms. The molecule has 0 aliphatic heterocycles. The molecule has 1 aliphatic rings. The quantitative estimate of drug-likeness (QED) is 0.790. The Balaban J connectivity index is 1.68. The van der Waals surface area contributed by atoms with E-state index in [9.17, 15) is 9.90 Å². The van der Waals surface area contributed by atoms with Crippen molar-refractivity contribution in [3.8, 4) is 0 Å². The van der Waals surface area contributed by atoms with E-state index in [2.05, 4.69) is 5.32 Å². The highest BCUT2D eigenvalue weighted by Crippen LogP contribution is 2.32. The number of hydrogen-bond donors (Lipinski definition) is 2. The second kappa shape index (κ2) is 4.77. The number of carbonyl (C=O) groups excluding carboxylic acids is 1. The smallest absolute Gasteiger partial charge is 0.225 e. The van der Waals surface area contributed by atoms with Gasteiger partial charge in [0.15, 0.2) is 0 Å². The van der Waals surface area contributed by atoms with E-state index in [-0.39, 0.29) is 12.0 Å². The van der Waals surface area contributed by atoms with Gasteiger partial charge in [-0.15, -0.1) is 11.3 Å². The summed E-state index contributed by atoms with van der Waals surface area (Å²) in [6.07, 6.45) is 2.27. The molecule has 0 aromatic carbocycles. The van der Waals surface area contributed by atoms with Crippen LogP contribution in [0.5, 0.6) is 0 Å². The highest BCUT2D eigenvalue weighted by molar-refractivity contribution is 7.10. The number of rotatable bonds is 5. The van der Waals surface area contributed by atoms with Gasteiger partial charge in [0.2, 0.25) is 5.91 Å². The Morgan fingerprint density at radius 3 is 3.07 bits per heavy atom. The number of amides is 1. The summed E-state index contributed by atoms with van der Waals surface area (Å²) in [4.78, 5) is 12.5. The minimum Gasteiger partial charge on any atom is -0.391 e. The summed E-state index contributed by atoms with van der Waals surface area (Å²) in [5.41, 5.74) is 0. The first-order chi connectivity index (χ1) is 7.25. The maximum absolute atomic E-state index is 11.4. The van der Waals surface area contributed by atoms with Crippen molar-refractivity contribution in [2.24, 2.45) is 5.92 Å². The minimum absolute atomic E-state index is 0.00264. The van der Waals surface area contributed by atoms with Crippen molar-refractivity contribution in [1.82, 2.24) is 5.32 Å². The third-order valence-corrected chi connectivity index (χ3v) is 3.47. The van der Waals surface area contributed by atoms with Gasteiger partial charge in [0.1, 0.15) is 0 Å². The minimum atomic E-state index is -0.350. The van der Waals surface area contributed by atoms with Gasteiger partial charge in [-0.2, -0.15) is 0 Å². The molecule has 2 N–H and O–H groups in total. The third kappa shape index (κ3) is 3.32. The summed E-state index contributed by atoms with van der Waals surface area (Å²) >= 11 is 1.58. The van der Waals surface area contributed by atoms with Crippen molar-refractivity contribution in [2.75, 3.05) is 6.54 Å². The van der Waals surface area contributed by atoms with Gasteiger partial charge in [-0.25, -0.2) is 0 Å². The van der Waals surface area contributed by atoms with Crippen LogP contribution in [0.1, 0.15) is 17.7 Å². The Hall–Kier alpha value is -0.870. The Morgan fingerprint density at radius 1 is 1.67 bits per heavy atom. The second-order valence-corrected chi connectivity index (χ2v) is 5.00. The van der Waals surface area contributed by atoms with Crippen LogP contribution in [0.15, 0.2) is 17.5 Å². The first-order valence-corrected chi connectivity index (χ1v) is 6.11. The zero-order chi connectivity index (χ0) is 10.7. The lowest BCUT2D eigenvalue weighted by molar-refractivity contribution is -0.120. The molecular formula is C11H15NO2S. The van der Waals surface area contributed by atoms with Gasteiger partial charge in [-0.05, 0) is 30.2 Å². The van der Waals surface area contributed by atoms with E-state index < -0.39 is 0 Å². The largest absolute Gasteiger partial charge is 0.391 e. The molecule has 1 fully saturated rings. The van der Waals surface area contributed by atoms with Crippen LogP contribution in [-0.4, -0.2) is 23.7 Å². The van der Waals surface area contributed by atoms with Crippen LogP contribution >= 0.6 is 11.3 Å². The molecule has 1 aliphatic carbocycles. The van der Waals surface area contributed by atoms with E-state index in [0.717, 1.165) is 17.7 Å². The molecule has 1 saturated carbocycles. The van der Waals surface area contributed by atoms with E-state index in [1.807, 2.05) is 17.5 Å². The maximum Gasteiger partial charge on any atom is 0.225 e. The highest BCUT2D eigenvalue weighted by atomic mass is 32.1. The lowest BCUT2D eigenvalue weighted by Crippen LogP contribution is -2.33. The molecule has 0 saturated heterocycles.